The third-order valence-electron chi connectivity index (χ3n) is 2.34. The SMILES string of the molecule is Cn1ccc(-c2nc3c(N)cccn3n2)n1. The fourth-order valence-electron chi connectivity index (χ4n) is 1.57. The summed E-state index contributed by atoms with van der Waals surface area (Å²) in [5.41, 5.74) is 7.81. The molecule has 0 saturated heterocycles. The number of pyridine rings is 1. The first kappa shape index (κ1) is 8.90. The minimum Gasteiger partial charge on any atom is -0.396 e. The van der Waals surface area contributed by atoms with Gasteiger partial charge in [0.15, 0.2) is 5.65 Å². The average Bonchev–Trinajstić information content (AvgIpc) is 2.84. The number of nitrogens with zero attached hydrogens (tertiary/aromatic N) is 5. The molecule has 0 unspecified atom stereocenters. The zero-order chi connectivity index (χ0) is 11.1. The molecule has 0 spiro atoms. The average molecular weight is 214 g/mol. The molecule has 0 aliphatic rings. The van der Waals surface area contributed by atoms with Gasteiger partial charge in [-0.25, -0.2) is 9.50 Å². The summed E-state index contributed by atoms with van der Waals surface area (Å²) in [6.45, 7) is 0. The van der Waals surface area contributed by atoms with Gasteiger partial charge >= 0.3 is 0 Å². The number of hydrogen-bond donors (Lipinski definition) is 1. The molecule has 0 aromatic carbocycles. The molecule has 16 heavy (non-hydrogen) atoms. The highest BCUT2D eigenvalue weighted by atomic mass is 15.3. The van der Waals surface area contributed by atoms with Crippen molar-refractivity contribution in [3.05, 3.63) is 30.6 Å². The van der Waals surface area contributed by atoms with E-state index in [1.165, 1.54) is 0 Å². The van der Waals surface area contributed by atoms with Gasteiger partial charge in [-0.1, -0.05) is 0 Å². The summed E-state index contributed by atoms with van der Waals surface area (Å²) in [4.78, 5) is 4.35. The normalized spacial score (nSPS) is 11.1. The number of hydrogen-bond acceptors (Lipinski definition) is 4. The lowest BCUT2D eigenvalue weighted by molar-refractivity contribution is 0.768. The van der Waals surface area contributed by atoms with Crippen LogP contribution in [0.25, 0.3) is 17.2 Å². The molecule has 3 rings (SSSR count). The summed E-state index contributed by atoms with van der Waals surface area (Å²) in [5.74, 6) is 0.582. The van der Waals surface area contributed by atoms with E-state index in [0.29, 0.717) is 17.2 Å². The first-order chi connectivity index (χ1) is 7.74. The van der Waals surface area contributed by atoms with E-state index in [2.05, 4.69) is 15.2 Å². The van der Waals surface area contributed by atoms with Crippen LogP contribution in [0.5, 0.6) is 0 Å². The number of fused-ring (bicyclic) bond motifs is 1. The van der Waals surface area contributed by atoms with Crippen molar-refractivity contribution >= 4 is 11.3 Å². The Morgan fingerprint density at radius 2 is 2.06 bits per heavy atom. The van der Waals surface area contributed by atoms with Crippen molar-refractivity contribution in [3.63, 3.8) is 0 Å². The Balaban J connectivity index is 2.22. The molecule has 6 heteroatoms. The maximum absolute atomic E-state index is 5.80. The largest absolute Gasteiger partial charge is 0.396 e. The molecule has 0 saturated carbocycles. The van der Waals surface area contributed by atoms with Crippen LogP contribution in [0.2, 0.25) is 0 Å². The van der Waals surface area contributed by atoms with Crippen molar-refractivity contribution in [1.82, 2.24) is 24.4 Å². The maximum Gasteiger partial charge on any atom is 0.202 e. The highest BCUT2D eigenvalue weighted by Crippen LogP contribution is 2.16. The highest BCUT2D eigenvalue weighted by molar-refractivity contribution is 5.66. The van der Waals surface area contributed by atoms with E-state index >= 15 is 0 Å². The molecule has 80 valence electrons. The summed E-state index contributed by atoms with van der Waals surface area (Å²) in [5, 5.41) is 8.55. The first-order valence-corrected chi connectivity index (χ1v) is 4.85. The molecule has 3 aromatic rings. The van der Waals surface area contributed by atoms with E-state index in [9.17, 15) is 0 Å². The number of nitrogens with two attached hydrogens (primary N) is 1. The van der Waals surface area contributed by atoms with Crippen LogP contribution in [0.15, 0.2) is 30.6 Å². The monoisotopic (exact) mass is 214 g/mol. The minimum absolute atomic E-state index is 0.582. The third kappa shape index (κ3) is 1.23. The Morgan fingerprint density at radius 1 is 1.19 bits per heavy atom. The zero-order valence-electron chi connectivity index (χ0n) is 8.70. The lowest BCUT2D eigenvalue weighted by Gasteiger charge is -1.92. The van der Waals surface area contributed by atoms with Crippen LogP contribution in [-0.4, -0.2) is 24.4 Å². The molecule has 3 aromatic heterocycles. The lowest BCUT2D eigenvalue weighted by Crippen LogP contribution is -1.92. The Hall–Kier alpha value is -2.37. The predicted molar refractivity (Wildman–Crippen MR) is 59.6 cm³/mol. The second kappa shape index (κ2) is 3.06. The van der Waals surface area contributed by atoms with Gasteiger partial charge in [-0.3, -0.25) is 4.68 Å². The van der Waals surface area contributed by atoms with Crippen LogP contribution in [0.4, 0.5) is 5.69 Å². The van der Waals surface area contributed by atoms with Gasteiger partial charge in [0.1, 0.15) is 5.69 Å². The molecule has 0 aliphatic carbocycles. The molecular weight excluding hydrogens is 204 g/mol. The minimum atomic E-state index is 0.582. The summed E-state index contributed by atoms with van der Waals surface area (Å²) < 4.78 is 3.36. The van der Waals surface area contributed by atoms with Crippen LogP contribution < -0.4 is 5.73 Å². The fourth-order valence-corrected chi connectivity index (χ4v) is 1.57. The summed E-state index contributed by atoms with van der Waals surface area (Å²) in [6, 6.07) is 5.50. The topological polar surface area (TPSA) is 74.0 Å². The van der Waals surface area contributed by atoms with Gasteiger partial charge in [0.05, 0.1) is 5.69 Å². The van der Waals surface area contributed by atoms with Gasteiger partial charge < -0.3 is 5.73 Å². The van der Waals surface area contributed by atoms with E-state index in [1.807, 2.05) is 31.6 Å². The van der Waals surface area contributed by atoms with Crippen LogP contribution in [0.3, 0.4) is 0 Å². The number of aryl methyl sites for hydroxylation is 1. The zero-order valence-corrected chi connectivity index (χ0v) is 8.70. The molecule has 0 fully saturated rings. The van der Waals surface area contributed by atoms with Crippen LogP contribution in [0, 0.1) is 0 Å². The van der Waals surface area contributed by atoms with Crippen LogP contribution >= 0.6 is 0 Å². The molecule has 6 nitrogen and oxygen atoms in total. The molecule has 0 atom stereocenters. The standard InChI is InChI=1S/C10H10N6/c1-15-6-4-8(13-15)9-12-10-7(11)3-2-5-16(10)14-9/h2-6H,11H2,1H3. The first-order valence-electron chi connectivity index (χ1n) is 4.85. The van der Waals surface area contributed by atoms with E-state index in [-0.39, 0.29) is 0 Å². The van der Waals surface area contributed by atoms with Gasteiger partial charge in [-0.2, -0.15) is 5.10 Å². The second-order valence-corrected chi connectivity index (χ2v) is 3.54. The molecule has 0 aliphatic heterocycles. The van der Waals surface area contributed by atoms with Gasteiger partial charge in [0.2, 0.25) is 5.82 Å². The molecule has 0 radical (unpaired) electrons. The van der Waals surface area contributed by atoms with Crippen molar-refractivity contribution in [2.24, 2.45) is 7.05 Å². The van der Waals surface area contributed by atoms with Crippen molar-refractivity contribution in [1.29, 1.82) is 0 Å². The highest BCUT2D eigenvalue weighted by Gasteiger charge is 2.09. The Labute approximate surface area is 91.3 Å². The molecule has 3 heterocycles. The smallest absolute Gasteiger partial charge is 0.202 e. The Bertz CT molecular complexity index is 650. The van der Waals surface area contributed by atoms with Crippen molar-refractivity contribution in [2.75, 3.05) is 5.73 Å². The Kier molecular flexibility index (Phi) is 1.70. The van der Waals surface area contributed by atoms with Gasteiger partial charge in [0, 0.05) is 19.4 Å². The summed E-state index contributed by atoms with van der Waals surface area (Å²) >= 11 is 0. The third-order valence-corrected chi connectivity index (χ3v) is 2.34. The van der Waals surface area contributed by atoms with Gasteiger partial charge in [-0.15, -0.1) is 5.10 Å². The van der Waals surface area contributed by atoms with Gasteiger partial charge in [0.25, 0.3) is 0 Å². The van der Waals surface area contributed by atoms with E-state index in [4.69, 9.17) is 5.73 Å². The number of rotatable bonds is 1. The van der Waals surface area contributed by atoms with Crippen LogP contribution in [0.1, 0.15) is 0 Å². The van der Waals surface area contributed by atoms with Crippen molar-refractivity contribution in [2.45, 2.75) is 0 Å². The second-order valence-electron chi connectivity index (χ2n) is 3.54. The quantitative estimate of drug-likeness (QED) is 0.647. The number of aromatic nitrogens is 5. The van der Waals surface area contributed by atoms with E-state index < -0.39 is 0 Å². The summed E-state index contributed by atoms with van der Waals surface area (Å²) in [6.07, 6.45) is 3.66. The molecule has 2 N–H and O–H groups in total. The van der Waals surface area contributed by atoms with E-state index in [0.717, 1.165) is 5.69 Å². The Morgan fingerprint density at radius 3 is 2.75 bits per heavy atom. The van der Waals surface area contributed by atoms with E-state index in [1.54, 1.807) is 15.3 Å². The van der Waals surface area contributed by atoms with Crippen LogP contribution in [-0.2, 0) is 7.05 Å². The summed E-state index contributed by atoms with van der Waals surface area (Å²) in [7, 11) is 1.85. The fraction of sp³-hybridized carbons (Fsp3) is 0.100. The number of nitrogen functional groups attached to an aromatic ring is 1. The predicted octanol–water partition coefficient (Wildman–Crippen LogP) is 0.712. The molecular formula is C10H10N6. The van der Waals surface area contributed by atoms with Gasteiger partial charge in [-0.05, 0) is 18.2 Å². The molecule has 0 amide bonds. The lowest BCUT2D eigenvalue weighted by atomic mass is 10.4. The number of anilines is 1. The van der Waals surface area contributed by atoms with Crippen molar-refractivity contribution in [3.8, 4) is 11.5 Å². The maximum atomic E-state index is 5.80. The van der Waals surface area contributed by atoms with Crippen molar-refractivity contribution < 1.29 is 0 Å². The molecule has 0 bridgehead atoms.